The van der Waals surface area contributed by atoms with Gasteiger partial charge in [-0.25, -0.2) is 0 Å². The van der Waals surface area contributed by atoms with Gasteiger partial charge in [-0.3, -0.25) is 0 Å². The number of hydrogen-bond donors (Lipinski definition) is 2. The molecule has 2 nitrogen and oxygen atoms in total. The molecule has 0 aliphatic carbocycles. The number of hydrogen-bond acceptors (Lipinski definition) is 2. The topological polar surface area (TPSA) is 32.3 Å². The average molecular weight is 256 g/mol. The number of fused-ring (bicyclic) bond motifs is 1. The van der Waals surface area contributed by atoms with Crippen LogP contribution in [0.3, 0.4) is 0 Å². The van der Waals surface area contributed by atoms with Gasteiger partial charge in [-0.1, -0.05) is 22.9 Å². The Hall–Kier alpha value is -0.540. The van der Waals surface area contributed by atoms with Gasteiger partial charge in [-0.2, -0.15) is 0 Å². The van der Waals surface area contributed by atoms with Crippen LogP contribution in [0.5, 0.6) is 5.75 Å². The fourth-order valence-corrected chi connectivity index (χ4v) is 2.54. The SMILES string of the molecule is CCC1NCCc2c(O)cc(Br)cc21. The molecule has 0 saturated carbocycles. The van der Waals surface area contributed by atoms with E-state index in [-0.39, 0.29) is 0 Å². The van der Waals surface area contributed by atoms with Gasteiger partial charge in [0, 0.05) is 10.5 Å². The zero-order valence-electron chi connectivity index (χ0n) is 8.18. The van der Waals surface area contributed by atoms with E-state index in [0.29, 0.717) is 11.8 Å². The van der Waals surface area contributed by atoms with Crippen LogP contribution in [0.25, 0.3) is 0 Å². The molecule has 1 aliphatic heterocycles. The van der Waals surface area contributed by atoms with Crippen LogP contribution >= 0.6 is 15.9 Å². The minimum atomic E-state index is 0.391. The molecule has 0 aromatic heterocycles. The lowest BCUT2D eigenvalue weighted by Crippen LogP contribution is -2.29. The third-order valence-corrected chi connectivity index (χ3v) is 3.23. The summed E-state index contributed by atoms with van der Waals surface area (Å²) in [5.74, 6) is 0.425. The molecule has 14 heavy (non-hydrogen) atoms. The van der Waals surface area contributed by atoms with E-state index < -0.39 is 0 Å². The van der Waals surface area contributed by atoms with Crippen molar-refractivity contribution in [3.8, 4) is 5.75 Å². The van der Waals surface area contributed by atoms with Crippen molar-refractivity contribution in [2.45, 2.75) is 25.8 Å². The number of rotatable bonds is 1. The first-order valence-electron chi connectivity index (χ1n) is 4.97. The van der Waals surface area contributed by atoms with Gasteiger partial charge in [0.25, 0.3) is 0 Å². The number of phenols is 1. The lowest BCUT2D eigenvalue weighted by molar-refractivity contribution is 0.441. The minimum Gasteiger partial charge on any atom is -0.508 e. The minimum absolute atomic E-state index is 0.391. The molecule has 76 valence electrons. The van der Waals surface area contributed by atoms with Crippen molar-refractivity contribution in [3.63, 3.8) is 0 Å². The zero-order valence-corrected chi connectivity index (χ0v) is 9.76. The Morgan fingerprint density at radius 2 is 2.36 bits per heavy atom. The van der Waals surface area contributed by atoms with Crippen LogP contribution in [0, 0.1) is 0 Å². The normalized spacial score (nSPS) is 20.6. The van der Waals surface area contributed by atoms with Crippen molar-refractivity contribution >= 4 is 15.9 Å². The van der Waals surface area contributed by atoms with Crippen molar-refractivity contribution in [1.82, 2.24) is 5.32 Å². The second kappa shape index (κ2) is 3.91. The summed E-state index contributed by atoms with van der Waals surface area (Å²) in [6, 6.07) is 4.27. The molecule has 1 aliphatic rings. The van der Waals surface area contributed by atoms with E-state index in [1.165, 1.54) is 5.56 Å². The molecule has 2 N–H and O–H groups in total. The summed E-state index contributed by atoms with van der Waals surface area (Å²) in [5, 5.41) is 13.2. The predicted octanol–water partition coefficient (Wildman–Crippen LogP) is 2.75. The first-order chi connectivity index (χ1) is 6.72. The third kappa shape index (κ3) is 1.66. The number of halogens is 1. The molecule has 1 aromatic carbocycles. The second-order valence-corrected chi connectivity index (χ2v) is 4.57. The maximum atomic E-state index is 9.79. The highest BCUT2D eigenvalue weighted by Crippen LogP contribution is 2.34. The van der Waals surface area contributed by atoms with E-state index >= 15 is 0 Å². The standard InChI is InChI=1S/C11H14BrNO/c1-2-10-9-5-7(12)6-11(14)8(9)3-4-13-10/h5-6,10,13-14H,2-4H2,1H3. The van der Waals surface area contributed by atoms with Crippen molar-refractivity contribution in [3.05, 3.63) is 27.7 Å². The van der Waals surface area contributed by atoms with E-state index in [4.69, 9.17) is 0 Å². The van der Waals surface area contributed by atoms with Crippen molar-refractivity contribution < 1.29 is 5.11 Å². The van der Waals surface area contributed by atoms with E-state index in [9.17, 15) is 5.11 Å². The average Bonchev–Trinajstić information content (AvgIpc) is 2.17. The largest absolute Gasteiger partial charge is 0.508 e. The smallest absolute Gasteiger partial charge is 0.120 e. The summed E-state index contributed by atoms with van der Waals surface area (Å²) in [4.78, 5) is 0. The molecule has 0 fully saturated rings. The van der Waals surface area contributed by atoms with Crippen LogP contribution in [0.15, 0.2) is 16.6 Å². The molecule has 2 rings (SSSR count). The van der Waals surface area contributed by atoms with Gasteiger partial charge in [0.1, 0.15) is 5.75 Å². The summed E-state index contributed by atoms with van der Waals surface area (Å²) < 4.78 is 0.955. The lowest BCUT2D eigenvalue weighted by Gasteiger charge is -2.26. The van der Waals surface area contributed by atoms with Crippen molar-refractivity contribution in [1.29, 1.82) is 0 Å². The Kier molecular flexibility index (Phi) is 2.79. The van der Waals surface area contributed by atoms with Gasteiger partial charge in [-0.15, -0.1) is 0 Å². The highest BCUT2D eigenvalue weighted by molar-refractivity contribution is 9.10. The molecule has 1 unspecified atom stereocenters. The Balaban J connectivity index is 2.51. The Morgan fingerprint density at radius 1 is 1.57 bits per heavy atom. The fourth-order valence-electron chi connectivity index (χ4n) is 2.07. The summed E-state index contributed by atoms with van der Waals surface area (Å²) in [6.45, 7) is 3.12. The number of phenolic OH excluding ortho intramolecular Hbond substituents is 1. The van der Waals surface area contributed by atoms with Crippen LogP contribution in [0.2, 0.25) is 0 Å². The van der Waals surface area contributed by atoms with Crippen LogP contribution < -0.4 is 5.32 Å². The van der Waals surface area contributed by atoms with Gasteiger partial charge in [0.2, 0.25) is 0 Å². The molecule has 3 heteroatoms. The van der Waals surface area contributed by atoms with Gasteiger partial charge in [-0.05, 0) is 42.6 Å². The number of benzene rings is 1. The van der Waals surface area contributed by atoms with E-state index in [0.717, 1.165) is 29.4 Å². The van der Waals surface area contributed by atoms with Crippen LogP contribution in [-0.2, 0) is 6.42 Å². The molecule has 1 atom stereocenters. The van der Waals surface area contributed by atoms with Crippen molar-refractivity contribution in [2.24, 2.45) is 0 Å². The number of nitrogens with one attached hydrogen (secondary N) is 1. The monoisotopic (exact) mass is 255 g/mol. The molecule has 0 bridgehead atoms. The molecule has 1 heterocycles. The summed E-state index contributed by atoms with van der Waals surface area (Å²) in [7, 11) is 0. The van der Waals surface area contributed by atoms with Crippen LogP contribution in [0.1, 0.15) is 30.5 Å². The van der Waals surface area contributed by atoms with E-state index in [2.05, 4.69) is 34.2 Å². The zero-order chi connectivity index (χ0) is 10.1. The molecule has 0 radical (unpaired) electrons. The summed E-state index contributed by atoms with van der Waals surface area (Å²) in [5.41, 5.74) is 2.35. The molecule has 0 saturated heterocycles. The summed E-state index contributed by atoms with van der Waals surface area (Å²) >= 11 is 3.41. The molecule has 0 amide bonds. The Bertz CT molecular complexity index is 351. The van der Waals surface area contributed by atoms with E-state index in [1.807, 2.05) is 0 Å². The molecular formula is C11H14BrNO. The van der Waals surface area contributed by atoms with Gasteiger partial charge in [0.15, 0.2) is 0 Å². The summed E-state index contributed by atoms with van der Waals surface area (Å²) in [6.07, 6.45) is 1.98. The predicted molar refractivity (Wildman–Crippen MR) is 60.5 cm³/mol. The highest BCUT2D eigenvalue weighted by Gasteiger charge is 2.20. The number of aromatic hydroxyl groups is 1. The molecule has 0 spiro atoms. The van der Waals surface area contributed by atoms with Crippen LogP contribution in [0.4, 0.5) is 0 Å². The quantitative estimate of drug-likeness (QED) is 0.809. The third-order valence-electron chi connectivity index (χ3n) is 2.78. The van der Waals surface area contributed by atoms with Gasteiger partial charge >= 0.3 is 0 Å². The maximum absolute atomic E-state index is 9.79. The Morgan fingerprint density at radius 3 is 3.07 bits per heavy atom. The van der Waals surface area contributed by atoms with Gasteiger partial charge < -0.3 is 10.4 Å². The Labute approximate surface area is 92.5 Å². The van der Waals surface area contributed by atoms with Gasteiger partial charge in [0.05, 0.1) is 0 Å². The fraction of sp³-hybridized carbons (Fsp3) is 0.455. The highest BCUT2D eigenvalue weighted by atomic mass is 79.9. The van der Waals surface area contributed by atoms with Crippen molar-refractivity contribution in [2.75, 3.05) is 6.54 Å². The first kappa shape index (κ1) is 9.99. The molecular weight excluding hydrogens is 242 g/mol. The first-order valence-corrected chi connectivity index (χ1v) is 5.76. The van der Waals surface area contributed by atoms with E-state index in [1.54, 1.807) is 6.07 Å². The maximum Gasteiger partial charge on any atom is 0.120 e. The molecule has 1 aromatic rings. The lowest BCUT2D eigenvalue weighted by atomic mass is 9.92. The van der Waals surface area contributed by atoms with Crippen LogP contribution in [-0.4, -0.2) is 11.7 Å². The second-order valence-electron chi connectivity index (χ2n) is 3.66.